The summed E-state index contributed by atoms with van der Waals surface area (Å²) in [5.74, 6) is -0.392. The number of rotatable bonds is 12. The molecule has 5 rings (SSSR count). The number of nitrogens with one attached hydrogen (secondary N) is 3. The molecule has 3 N–H and O–H groups in total. The topological polar surface area (TPSA) is 96.5 Å². The molecule has 1 atom stereocenters. The summed E-state index contributed by atoms with van der Waals surface area (Å²) in [6, 6.07) is 39.6. The van der Waals surface area contributed by atoms with Gasteiger partial charge in [0.25, 0.3) is 11.8 Å². The van der Waals surface area contributed by atoms with E-state index < -0.39 is 17.1 Å². The van der Waals surface area contributed by atoms with Gasteiger partial charge in [-0.05, 0) is 90.9 Å². The zero-order valence-corrected chi connectivity index (χ0v) is 27.1. The highest BCUT2D eigenvalue weighted by Gasteiger charge is 2.23. The number of hydrogen-bond acceptors (Lipinski definition) is 5. The highest BCUT2D eigenvalue weighted by molar-refractivity contribution is 8.00. The van der Waals surface area contributed by atoms with Crippen LogP contribution in [0.4, 0.5) is 11.4 Å². The van der Waals surface area contributed by atoms with Gasteiger partial charge >= 0.3 is 0 Å². The molecule has 0 aliphatic heterocycles. The van der Waals surface area contributed by atoms with Gasteiger partial charge in [-0.1, -0.05) is 78.3 Å². The molecule has 3 amide bonds. The highest BCUT2D eigenvalue weighted by atomic mass is 35.5. The van der Waals surface area contributed by atoms with E-state index in [4.69, 9.17) is 16.3 Å². The third-order valence-corrected chi connectivity index (χ3v) is 8.33. The molecule has 47 heavy (non-hydrogen) atoms. The smallest absolute Gasteiger partial charge is 0.272 e. The molecule has 5 aromatic rings. The van der Waals surface area contributed by atoms with Crippen LogP contribution < -0.4 is 20.7 Å². The Hall–Kier alpha value is -5.31. The Balaban J connectivity index is 1.32. The minimum Gasteiger partial charge on any atom is -0.494 e. The second-order valence-electron chi connectivity index (χ2n) is 10.3. The van der Waals surface area contributed by atoms with Crippen molar-refractivity contribution < 1.29 is 19.1 Å². The van der Waals surface area contributed by atoms with Crippen LogP contribution in [0.25, 0.3) is 6.08 Å². The zero-order chi connectivity index (χ0) is 33.0. The van der Waals surface area contributed by atoms with E-state index in [1.54, 1.807) is 78.9 Å². The summed E-state index contributed by atoms with van der Waals surface area (Å²) in [5.41, 5.74) is 3.17. The molecule has 7 nitrogen and oxygen atoms in total. The molecule has 0 heterocycles. The molecule has 5 aromatic carbocycles. The molecule has 0 radical (unpaired) electrons. The van der Waals surface area contributed by atoms with Crippen LogP contribution in [0.1, 0.15) is 33.7 Å². The van der Waals surface area contributed by atoms with Gasteiger partial charge in [0.15, 0.2) is 0 Å². The van der Waals surface area contributed by atoms with Gasteiger partial charge in [-0.15, -0.1) is 11.8 Å². The number of ether oxygens (including phenoxy) is 1. The van der Waals surface area contributed by atoms with Crippen LogP contribution in [-0.2, 0) is 9.59 Å². The van der Waals surface area contributed by atoms with Crippen molar-refractivity contribution in [3.63, 3.8) is 0 Å². The van der Waals surface area contributed by atoms with E-state index in [-0.39, 0.29) is 11.6 Å². The molecule has 0 saturated carbocycles. The largest absolute Gasteiger partial charge is 0.494 e. The van der Waals surface area contributed by atoms with Crippen LogP contribution in [0.5, 0.6) is 5.75 Å². The van der Waals surface area contributed by atoms with Crippen LogP contribution in [0.15, 0.2) is 144 Å². The number of anilines is 2. The molecular formula is C38H32ClN3O4S. The number of carbonyl (C=O) groups is 3. The molecule has 0 bridgehead atoms. The fourth-order valence-electron chi connectivity index (χ4n) is 4.56. The first kappa shape index (κ1) is 33.1. The maximum atomic E-state index is 13.5. The first-order valence-corrected chi connectivity index (χ1v) is 16.1. The number of thioether (sulfide) groups is 1. The molecule has 0 spiro atoms. The van der Waals surface area contributed by atoms with E-state index in [2.05, 4.69) is 16.0 Å². The number of hydrogen-bond donors (Lipinski definition) is 3. The van der Waals surface area contributed by atoms with Crippen LogP contribution >= 0.6 is 23.4 Å². The van der Waals surface area contributed by atoms with E-state index >= 15 is 0 Å². The minimum atomic E-state index is -0.549. The maximum Gasteiger partial charge on any atom is 0.272 e. The standard InChI is InChI=1S/C38H32ClN3O4S/c1-2-46-32-20-16-26(17-21-32)24-34(42-36(43)28-12-7-4-8-13-28)37(44)40-30-18-22-33(23-19-30)47-35(27-10-5-3-6-11-27)38(45)41-31-15-9-14-29(39)25-31/h3-25,35H,2H2,1H3,(H,40,44)(H,41,45)(H,42,43)/b34-24-. The molecule has 0 fully saturated rings. The molecule has 0 aromatic heterocycles. The minimum absolute atomic E-state index is 0.0725. The van der Waals surface area contributed by atoms with Crippen molar-refractivity contribution in [3.05, 3.63) is 161 Å². The van der Waals surface area contributed by atoms with Crippen molar-refractivity contribution in [2.75, 3.05) is 17.2 Å². The SMILES string of the molecule is CCOc1ccc(/C=C(\NC(=O)c2ccccc2)C(=O)Nc2ccc(SC(C(=O)Nc3cccc(Cl)c3)c3ccccc3)cc2)cc1. The number of carbonyl (C=O) groups excluding carboxylic acids is 3. The summed E-state index contributed by atoms with van der Waals surface area (Å²) in [7, 11) is 0. The molecule has 0 aliphatic carbocycles. The fourth-order valence-corrected chi connectivity index (χ4v) is 5.78. The summed E-state index contributed by atoms with van der Waals surface area (Å²) < 4.78 is 5.52. The van der Waals surface area contributed by atoms with Gasteiger partial charge in [0.2, 0.25) is 5.91 Å². The molecule has 0 aliphatic rings. The third kappa shape index (κ3) is 9.59. The lowest BCUT2D eigenvalue weighted by atomic mass is 10.1. The van der Waals surface area contributed by atoms with Crippen molar-refractivity contribution in [1.29, 1.82) is 0 Å². The van der Waals surface area contributed by atoms with E-state index in [1.807, 2.05) is 67.6 Å². The summed E-state index contributed by atoms with van der Waals surface area (Å²) in [6.45, 7) is 2.44. The Labute approximate surface area is 283 Å². The van der Waals surface area contributed by atoms with Crippen molar-refractivity contribution in [1.82, 2.24) is 5.32 Å². The summed E-state index contributed by atoms with van der Waals surface area (Å²) in [6.07, 6.45) is 1.61. The quantitative estimate of drug-likeness (QED) is 0.0919. The second kappa shape index (κ2) is 16.3. The summed E-state index contributed by atoms with van der Waals surface area (Å²) in [5, 5.41) is 8.57. The Morgan fingerprint density at radius 2 is 1.45 bits per heavy atom. The van der Waals surface area contributed by atoms with Gasteiger partial charge in [-0.2, -0.15) is 0 Å². The van der Waals surface area contributed by atoms with Gasteiger partial charge in [0.05, 0.1) is 6.61 Å². The average molecular weight is 662 g/mol. The van der Waals surface area contributed by atoms with Crippen LogP contribution in [0.2, 0.25) is 5.02 Å². The van der Waals surface area contributed by atoms with Crippen LogP contribution in [0, 0.1) is 0 Å². The van der Waals surface area contributed by atoms with E-state index in [1.165, 1.54) is 11.8 Å². The molecule has 9 heteroatoms. The number of amides is 3. The number of benzene rings is 5. The Morgan fingerprint density at radius 3 is 2.11 bits per heavy atom. The van der Waals surface area contributed by atoms with Crippen LogP contribution in [-0.4, -0.2) is 24.3 Å². The predicted octanol–water partition coefficient (Wildman–Crippen LogP) is 8.62. The fraction of sp³-hybridized carbons (Fsp3) is 0.0789. The van der Waals surface area contributed by atoms with Gasteiger partial charge in [0.1, 0.15) is 16.7 Å². The first-order chi connectivity index (χ1) is 22.9. The second-order valence-corrected chi connectivity index (χ2v) is 11.9. The van der Waals surface area contributed by atoms with Gasteiger partial charge in [-0.25, -0.2) is 0 Å². The Kier molecular flexibility index (Phi) is 11.5. The first-order valence-electron chi connectivity index (χ1n) is 14.9. The molecule has 0 saturated heterocycles. The third-order valence-electron chi connectivity index (χ3n) is 6.83. The maximum absolute atomic E-state index is 13.5. The Bertz CT molecular complexity index is 1850. The van der Waals surface area contributed by atoms with Crippen molar-refractivity contribution in [2.45, 2.75) is 17.1 Å². The van der Waals surface area contributed by atoms with Crippen molar-refractivity contribution in [3.8, 4) is 5.75 Å². The average Bonchev–Trinajstić information content (AvgIpc) is 3.09. The summed E-state index contributed by atoms with van der Waals surface area (Å²) in [4.78, 5) is 40.7. The molecule has 1 unspecified atom stereocenters. The Morgan fingerprint density at radius 1 is 0.766 bits per heavy atom. The van der Waals surface area contributed by atoms with Crippen LogP contribution in [0.3, 0.4) is 0 Å². The van der Waals surface area contributed by atoms with Gasteiger partial charge < -0.3 is 20.7 Å². The monoisotopic (exact) mass is 661 g/mol. The van der Waals surface area contributed by atoms with Crippen molar-refractivity contribution >= 4 is 58.5 Å². The molecular weight excluding hydrogens is 630 g/mol. The lowest BCUT2D eigenvalue weighted by molar-refractivity contribution is -0.116. The van der Waals surface area contributed by atoms with Gasteiger partial charge in [0, 0.05) is 26.9 Å². The van der Waals surface area contributed by atoms with E-state index in [9.17, 15) is 14.4 Å². The van der Waals surface area contributed by atoms with E-state index in [0.29, 0.717) is 39.9 Å². The summed E-state index contributed by atoms with van der Waals surface area (Å²) >= 11 is 7.50. The predicted molar refractivity (Wildman–Crippen MR) is 190 cm³/mol. The normalized spacial score (nSPS) is 11.7. The van der Waals surface area contributed by atoms with E-state index in [0.717, 1.165) is 10.5 Å². The zero-order valence-electron chi connectivity index (χ0n) is 25.5. The van der Waals surface area contributed by atoms with Gasteiger partial charge in [-0.3, -0.25) is 14.4 Å². The lowest BCUT2D eigenvalue weighted by Crippen LogP contribution is -2.30. The number of halogens is 1. The lowest BCUT2D eigenvalue weighted by Gasteiger charge is -2.18. The highest BCUT2D eigenvalue weighted by Crippen LogP contribution is 2.37. The molecule has 236 valence electrons. The van der Waals surface area contributed by atoms with Crippen molar-refractivity contribution in [2.24, 2.45) is 0 Å².